The first-order chi connectivity index (χ1) is 18.5. The van der Waals surface area contributed by atoms with Gasteiger partial charge in [0.2, 0.25) is 11.8 Å². The van der Waals surface area contributed by atoms with E-state index in [1.54, 1.807) is 40.2 Å². The highest BCUT2D eigenvalue weighted by Gasteiger charge is 2.45. The van der Waals surface area contributed by atoms with Crippen molar-refractivity contribution >= 4 is 58.3 Å². The van der Waals surface area contributed by atoms with E-state index in [0.29, 0.717) is 45.1 Å². The number of nitrogens with one attached hydrogen (secondary N) is 1. The molecule has 39 heavy (non-hydrogen) atoms. The van der Waals surface area contributed by atoms with Crippen molar-refractivity contribution in [3.8, 4) is 11.1 Å². The molecule has 1 saturated heterocycles. The molecule has 1 aromatic carbocycles. The van der Waals surface area contributed by atoms with Crippen molar-refractivity contribution in [1.82, 2.24) is 29.6 Å². The van der Waals surface area contributed by atoms with E-state index in [2.05, 4.69) is 54.4 Å². The molecule has 0 saturated carbocycles. The number of carbonyl (C=O) groups excluding carboxylic acids is 3. The van der Waals surface area contributed by atoms with Crippen LogP contribution in [0.5, 0.6) is 0 Å². The zero-order chi connectivity index (χ0) is 27.9. The predicted octanol–water partition coefficient (Wildman–Crippen LogP) is 4.26. The lowest BCUT2D eigenvalue weighted by molar-refractivity contribution is -0.136. The zero-order valence-electron chi connectivity index (χ0n) is 22.1. The van der Waals surface area contributed by atoms with Gasteiger partial charge in [-0.1, -0.05) is 25.2 Å². The summed E-state index contributed by atoms with van der Waals surface area (Å²) < 4.78 is 2.17. The summed E-state index contributed by atoms with van der Waals surface area (Å²) in [6.07, 6.45) is 4.03. The normalized spacial score (nSPS) is 16.4. The van der Waals surface area contributed by atoms with Crippen molar-refractivity contribution in [2.75, 3.05) is 11.5 Å². The topological polar surface area (TPSA) is 123 Å². The first-order valence-electron chi connectivity index (χ1n) is 12.5. The molecule has 1 N–H and O–H groups in total. The zero-order valence-corrected chi connectivity index (χ0v) is 24.7. The van der Waals surface area contributed by atoms with Gasteiger partial charge >= 0.3 is 0 Å². The average molecular weight is 607 g/mol. The number of fused-ring (bicyclic) bond motifs is 1. The van der Waals surface area contributed by atoms with Crippen molar-refractivity contribution in [1.29, 1.82) is 0 Å². The molecule has 10 nitrogen and oxygen atoms in total. The van der Waals surface area contributed by atoms with Gasteiger partial charge < -0.3 is 10.2 Å². The molecular formula is C27H28BrN7O3Si. The SMILES string of the molecule is CC(=O)c1nn(CC(=O)N2C[Si](C)(C)C[C@H]2C(=O)Nc2cccc(Br)n2)c2ccc(-c3cnc(C)nc3)cc12. The summed E-state index contributed by atoms with van der Waals surface area (Å²) in [6.45, 7) is 7.54. The van der Waals surface area contributed by atoms with Crippen LogP contribution in [0.3, 0.4) is 0 Å². The van der Waals surface area contributed by atoms with Crippen LogP contribution in [0.25, 0.3) is 22.0 Å². The molecule has 1 aliphatic rings. The molecule has 5 rings (SSSR count). The van der Waals surface area contributed by atoms with E-state index in [1.165, 1.54) is 6.92 Å². The van der Waals surface area contributed by atoms with Gasteiger partial charge in [-0.2, -0.15) is 5.10 Å². The minimum atomic E-state index is -1.83. The Morgan fingerprint density at radius 1 is 1.10 bits per heavy atom. The molecule has 200 valence electrons. The number of benzene rings is 1. The maximum Gasteiger partial charge on any atom is 0.248 e. The van der Waals surface area contributed by atoms with Crippen molar-refractivity contribution in [3.63, 3.8) is 0 Å². The molecule has 0 bridgehead atoms. The number of nitrogens with zero attached hydrogens (tertiary/aromatic N) is 6. The number of aryl methyl sites for hydroxylation is 1. The number of hydrogen-bond acceptors (Lipinski definition) is 7. The van der Waals surface area contributed by atoms with Crippen molar-refractivity contribution in [2.45, 2.75) is 45.6 Å². The van der Waals surface area contributed by atoms with Crippen LogP contribution in [-0.2, 0) is 16.1 Å². The Bertz CT molecular complexity index is 1600. The van der Waals surface area contributed by atoms with Crippen LogP contribution in [0.4, 0.5) is 5.82 Å². The third-order valence-corrected chi connectivity index (χ3v) is 9.92. The third kappa shape index (κ3) is 5.66. The number of aromatic nitrogens is 5. The van der Waals surface area contributed by atoms with E-state index < -0.39 is 14.1 Å². The van der Waals surface area contributed by atoms with Crippen LogP contribution in [0.2, 0.25) is 19.1 Å². The summed E-state index contributed by atoms with van der Waals surface area (Å²) in [5.41, 5.74) is 2.62. The summed E-state index contributed by atoms with van der Waals surface area (Å²) >= 11 is 3.32. The fourth-order valence-corrected chi connectivity index (χ4v) is 8.20. The first kappa shape index (κ1) is 26.8. The fraction of sp³-hybridized carbons (Fsp3) is 0.296. The molecule has 1 aliphatic heterocycles. The number of anilines is 1. The van der Waals surface area contributed by atoms with Gasteiger partial charge in [-0.3, -0.25) is 19.1 Å². The van der Waals surface area contributed by atoms with E-state index >= 15 is 0 Å². The summed E-state index contributed by atoms with van der Waals surface area (Å²) in [7, 11) is -1.83. The molecule has 0 aliphatic carbocycles. The monoisotopic (exact) mass is 605 g/mol. The number of amides is 2. The van der Waals surface area contributed by atoms with Crippen molar-refractivity contribution in [3.05, 3.63) is 64.9 Å². The van der Waals surface area contributed by atoms with Gasteiger partial charge in [-0.05, 0) is 58.7 Å². The predicted molar refractivity (Wildman–Crippen MR) is 154 cm³/mol. The Morgan fingerprint density at radius 3 is 2.54 bits per heavy atom. The van der Waals surface area contributed by atoms with E-state index in [4.69, 9.17) is 0 Å². The molecular weight excluding hydrogens is 578 g/mol. The molecule has 1 atom stereocenters. The van der Waals surface area contributed by atoms with Gasteiger partial charge in [-0.25, -0.2) is 15.0 Å². The number of halogens is 1. The number of Topliss-reactive ketones (excluding diaryl/α,β-unsaturated/α-hetero) is 1. The van der Waals surface area contributed by atoms with Crippen molar-refractivity contribution in [2.24, 2.45) is 0 Å². The molecule has 0 spiro atoms. The van der Waals surface area contributed by atoms with Crippen LogP contribution >= 0.6 is 15.9 Å². The maximum atomic E-state index is 13.6. The van der Waals surface area contributed by atoms with Gasteiger partial charge in [0.25, 0.3) is 0 Å². The van der Waals surface area contributed by atoms with Gasteiger partial charge in [0.15, 0.2) is 5.78 Å². The van der Waals surface area contributed by atoms with Crippen LogP contribution in [0.15, 0.2) is 53.4 Å². The molecule has 2 amide bonds. The Balaban J connectivity index is 1.43. The second kappa shape index (κ2) is 10.4. The highest BCUT2D eigenvalue weighted by molar-refractivity contribution is 9.10. The Kier molecular flexibility index (Phi) is 7.16. The van der Waals surface area contributed by atoms with E-state index in [9.17, 15) is 14.4 Å². The summed E-state index contributed by atoms with van der Waals surface area (Å²) in [5, 5.41) is 8.03. The van der Waals surface area contributed by atoms with Crippen LogP contribution in [0.1, 0.15) is 23.2 Å². The molecule has 3 aromatic heterocycles. The highest BCUT2D eigenvalue weighted by Crippen LogP contribution is 2.30. The molecule has 1 fully saturated rings. The molecule has 4 heterocycles. The minimum Gasteiger partial charge on any atom is -0.332 e. The lowest BCUT2D eigenvalue weighted by Gasteiger charge is -2.24. The summed E-state index contributed by atoms with van der Waals surface area (Å²) in [5.74, 6) is 0.422. The van der Waals surface area contributed by atoms with Gasteiger partial charge in [-0.15, -0.1) is 0 Å². The number of carbonyl (C=O) groups is 3. The van der Waals surface area contributed by atoms with E-state index in [1.807, 2.05) is 25.1 Å². The number of ketones is 1. The molecule has 4 aromatic rings. The maximum absolute atomic E-state index is 13.6. The summed E-state index contributed by atoms with van der Waals surface area (Å²) in [6, 6.07) is 11.0. The largest absolute Gasteiger partial charge is 0.332 e. The second-order valence-corrected chi connectivity index (χ2v) is 16.4. The lowest BCUT2D eigenvalue weighted by Crippen LogP contribution is -2.45. The molecule has 12 heteroatoms. The second-order valence-electron chi connectivity index (χ2n) is 10.6. The fourth-order valence-electron chi connectivity index (χ4n) is 4.95. The van der Waals surface area contributed by atoms with E-state index in [-0.39, 0.29) is 24.1 Å². The lowest BCUT2D eigenvalue weighted by atomic mass is 10.0. The quantitative estimate of drug-likeness (QED) is 0.198. The average Bonchev–Trinajstić information content (AvgIpc) is 3.41. The standard InChI is InChI=1S/C27H28BrN7O3Si/c1-16(36)26-20-10-18(19-11-29-17(2)30-12-19)8-9-21(20)35(33-26)13-25(37)34-15-39(3,4)14-22(34)27(38)32-24-7-5-6-23(28)31-24/h5-12,22H,13-15H2,1-4H3,(H,31,32,38)/t22-/m0/s1. The first-order valence-corrected chi connectivity index (χ1v) is 16.7. The van der Waals surface area contributed by atoms with Gasteiger partial charge in [0.1, 0.15) is 34.5 Å². The van der Waals surface area contributed by atoms with Crippen LogP contribution < -0.4 is 5.32 Å². The number of hydrogen-bond donors (Lipinski definition) is 1. The number of pyridine rings is 1. The molecule has 0 radical (unpaired) electrons. The summed E-state index contributed by atoms with van der Waals surface area (Å²) in [4.78, 5) is 53.9. The smallest absolute Gasteiger partial charge is 0.248 e. The van der Waals surface area contributed by atoms with Gasteiger partial charge in [0, 0.05) is 36.4 Å². The Labute approximate surface area is 235 Å². The highest BCUT2D eigenvalue weighted by atomic mass is 79.9. The Hall–Kier alpha value is -3.77. The number of rotatable bonds is 6. The van der Waals surface area contributed by atoms with Crippen LogP contribution in [-0.4, -0.2) is 67.5 Å². The van der Waals surface area contributed by atoms with Crippen molar-refractivity contribution < 1.29 is 14.4 Å². The Morgan fingerprint density at radius 2 is 1.85 bits per heavy atom. The van der Waals surface area contributed by atoms with Gasteiger partial charge in [0.05, 0.1) is 13.6 Å². The molecule has 0 unspecified atom stereocenters. The van der Waals surface area contributed by atoms with E-state index in [0.717, 1.165) is 11.1 Å². The third-order valence-electron chi connectivity index (χ3n) is 6.79. The minimum absolute atomic E-state index is 0.0832. The van der Waals surface area contributed by atoms with Crippen LogP contribution in [0, 0.1) is 6.92 Å².